The number of rotatable bonds is 6. The Morgan fingerprint density at radius 2 is 1.67 bits per heavy atom. The van der Waals surface area contributed by atoms with Crippen LogP contribution < -0.4 is 5.32 Å². The fourth-order valence-corrected chi connectivity index (χ4v) is 5.37. The highest BCUT2D eigenvalue weighted by Crippen LogP contribution is 2.44. The summed E-state index contributed by atoms with van der Waals surface area (Å²) in [4.78, 5) is 23.8. The molecular formula is C22H17Cl2NO4S. The minimum atomic E-state index is -1.07. The topological polar surface area (TPSA) is 75.6 Å². The van der Waals surface area contributed by atoms with E-state index >= 15 is 0 Å². The summed E-state index contributed by atoms with van der Waals surface area (Å²) in [5, 5.41) is 11.8. The molecule has 2 aromatic carbocycles. The fraction of sp³-hybridized carbons (Fsp3) is 0.182. The molecule has 0 aliphatic heterocycles. The quantitative estimate of drug-likeness (QED) is 0.464. The predicted octanol–water partition coefficient (Wildman–Crippen LogP) is 6.11. The second-order valence-electron chi connectivity index (χ2n) is 6.90. The molecule has 0 saturated heterocycles. The van der Waals surface area contributed by atoms with E-state index in [0.29, 0.717) is 14.2 Å². The summed E-state index contributed by atoms with van der Waals surface area (Å²) in [7, 11) is 0. The maximum Gasteiger partial charge on any atom is 0.407 e. The predicted molar refractivity (Wildman–Crippen MR) is 118 cm³/mol. The number of alkyl carbamates (subject to hydrolysis) is 1. The number of carbonyl (C=O) groups excluding carboxylic acids is 1. The maximum absolute atomic E-state index is 12.5. The molecule has 0 saturated carbocycles. The Morgan fingerprint density at radius 1 is 1.07 bits per heavy atom. The number of ether oxygens (including phenoxy) is 1. The number of nitrogens with one attached hydrogen (secondary N) is 1. The number of fused-ring (bicyclic) bond motifs is 3. The van der Waals surface area contributed by atoms with Crippen molar-refractivity contribution in [1.29, 1.82) is 0 Å². The zero-order chi connectivity index (χ0) is 21.3. The van der Waals surface area contributed by atoms with Gasteiger partial charge in [0.1, 0.15) is 6.61 Å². The van der Waals surface area contributed by atoms with Gasteiger partial charge in [-0.05, 0) is 28.3 Å². The van der Waals surface area contributed by atoms with Crippen molar-refractivity contribution >= 4 is 46.6 Å². The van der Waals surface area contributed by atoms with E-state index in [4.69, 9.17) is 27.9 Å². The first-order chi connectivity index (χ1) is 14.4. The SMILES string of the molecule is O=C(O)C[C@@H](NC(=O)OCC1c2ccccc2-c2ccccc21)c1cc(Cl)sc1Cl. The van der Waals surface area contributed by atoms with E-state index in [0.717, 1.165) is 33.6 Å². The molecule has 1 atom stereocenters. The lowest BCUT2D eigenvalue weighted by molar-refractivity contribution is -0.137. The summed E-state index contributed by atoms with van der Waals surface area (Å²) in [5.74, 6) is -1.16. The van der Waals surface area contributed by atoms with Gasteiger partial charge in [0.15, 0.2) is 0 Å². The summed E-state index contributed by atoms with van der Waals surface area (Å²) in [5.41, 5.74) is 4.92. The third kappa shape index (κ3) is 4.17. The van der Waals surface area contributed by atoms with Crippen LogP contribution in [0.5, 0.6) is 0 Å². The smallest absolute Gasteiger partial charge is 0.407 e. The van der Waals surface area contributed by atoms with E-state index in [-0.39, 0.29) is 18.9 Å². The van der Waals surface area contributed by atoms with Gasteiger partial charge < -0.3 is 15.2 Å². The Hall–Kier alpha value is -2.54. The van der Waals surface area contributed by atoms with E-state index in [1.165, 1.54) is 0 Å². The summed E-state index contributed by atoms with van der Waals surface area (Å²) < 4.78 is 6.26. The lowest BCUT2D eigenvalue weighted by Gasteiger charge is -2.18. The first-order valence-electron chi connectivity index (χ1n) is 9.22. The van der Waals surface area contributed by atoms with Crippen molar-refractivity contribution in [2.75, 3.05) is 6.61 Å². The Balaban J connectivity index is 1.49. The fourth-order valence-electron chi connectivity index (χ4n) is 3.79. The van der Waals surface area contributed by atoms with Gasteiger partial charge in [-0.15, -0.1) is 11.3 Å². The molecule has 30 heavy (non-hydrogen) atoms. The minimum absolute atomic E-state index is 0.0831. The molecular weight excluding hydrogens is 445 g/mol. The van der Waals surface area contributed by atoms with Gasteiger partial charge in [0.25, 0.3) is 0 Å². The molecule has 0 fully saturated rings. The zero-order valence-electron chi connectivity index (χ0n) is 15.6. The van der Waals surface area contributed by atoms with Gasteiger partial charge in [0.2, 0.25) is 0 Å². The van der Waals surface area contributed by atoms with Crippen molar-refractivity contribution in [3.8, 4) is 11.1 Å². The van der Waals surface area contributed by atoms with Crippen LogP contribution in [0.25, 0.3) is 11.1 Å². The normalized spacial score (nSPS) is 13.4. The number of halogens is 2. The van der Waals surface area contributed by atoms with Crippen molar-refractivity contribution in [2.24, 2.45) is 0 Å². The highest BCUT2D eigenvalue weighted by atomic mass is 35.5. The van der Waals surface area contributed by atoms with Crippen molar-refractivity contribution in [3.63, 3.8) is 0 Å². The van der Waals surface area contributed by atoms with E-state index in [9.17, 15) is 14.7 Å². The highest BCUT2D eigenvalue weighted by molar-refractivity contribution is 7.20. The van der Waals surface area contributed by atoms with Crippen LogP contribution in [0.4, 0.5) is 4.79 Å². The number of hydrogen-bond acceptors (Lipinski definition) is 4. The minimum Gasteiger partial charge on any atom is -0.481 e. The van der Waals surface area contributed by atoms with Crippen LogP contribution in [-0.4, -0.2) is 23.8 Å². The maximum atomic E-state index is 12.5. The molecule has 1 aliphatic carbocycles. The van der Waals surface area contributed by atoms with E-state index in [1.807, 2.05) is 36.4 Å². The number of thiophene rings is 1. The number of aliphatic carboxylic acids is 1. The summed E-state index contributed by atoms with van der Waals surface area (Å²) in [6, 6.07) is 16.8. The molecule has 0 unspecified atom stereocenters. The zero-order valence-corrected chi connectivity index (χ0v) is 17.9. The summed E-state index contributed by atoms with van der Waals surface area (Å²) >= 11 is 13.2. The van der Waals surface area contributed by atoms with Crippen molar-refractivity contribution in [2.45, 2.75) is 18.4 Å². The lowest BCUT2D eigenvalue weighted by Crippen LogP contribution is -2.31. The van der Waals surface area contributed by atoms with Crippen LogP contribution in [0, 0.1) is 0 Å². The number of carbonyl (C=O) groups is 2. The Bertz CT molecular complexity index is 1070. The van der Waals surface area contributed by atoms with E-state index < -0.39 is 18.1 Å². The van der Waals surface area contributed by atoms with Gasteiger partial charge in [-0.3, -0.25) is 4.79 Å². The molecule has 5 nitrogen and oxygen atoms in total. The molecule has 1 aliphatic rings. The molecule has 8 heteroatoms. The average molecular weight is 462 g/mol. The molecule has 4 rings (SSSR count). The molecule has 2 N–H and O–H groups in total. The van der Waals surface area contributed by atoms with Gasteiger partial charge in [0.05, 0.1) is 21.1 Å². The molecule has 1 aromatic heterocycles. The molecule has 154 valence electrons. The number of carboxylic acids is 1. The monoisotopic (exact) mass is 461 g/mol. The Labute approximate surface area is 187 Å². The molecule has 1 heterocycles. The third-order valence-electron chi connectivity index (χ3n) is 5.07. The van der Waals surface area contributed by atoms with Crippen LogP contribution in [0.2, 0.25) is 8.67 Å². The van der Waals surface area contributed by atoms with E-state index in [2.05, 4.69) is 17.4 Å². The summed E-state index contributed by atoms with van der Waals surface area (Å²) in [6.45, 7) is 0.137. The number of hydrogen-bond donors (Lipinski definition) is 2. The van der Waals surface area contributed by atoms with Crippen molar-refractivity contribution in [3.05, 3.63) is 80.0 Å². The second kappa shape index (κ2) is 8.68. The molecule has 0 radical (unpaired) electrons. The van der Waals surface area contributed by atoms with Crippen LogP contribution in [0.3, 0.4) is 0 Å². The second-order valence-corrected chi connectivity index (χ2v) is 9.19. The van der Waals surface area contributed by atoms with Crippen LogP contribution >= 0.6 is 34.5 Å². The Morgan fingerprint density at radius 3 is 2.20 bits per heavy atom. The van der Waals surface area contributed by atoms with E-state index in [1.54, 1.807) is 6.07 Å². The molecule has 0 bridgehead atoms. The van der Waals surface area contributed by atoms with Crippen LogP contribution in [0.1, 0.15) is 35.1 Å². The van der Waals surface area contributed by atoms with Gasteiger partial charge in [-0.1, -0.05) is 71.7 Å². The molecule has 0 spiro atoms. The lowest BCUT2D eigenvalue weighted by atomic mass is 9.98. The summed E-state index contributed by atoms with van der Waals surface area (Å²) in [6.07, 6.45) is -1.04. The first kappa shape index (κ1) is 20.7. The molecule has 1 amide bonds. The Kier molecular flexibility index (Phi) is 5.99. The third-order valence-corrected chi connectivity index (χ3v) is 6.59. The highest BCUT2D eigenvalue weighted by Gasteiger charge is 2.30. The average Bonchev–Trinajstić information content (AvgIpc) is 3.22. The first-order valence-corrected chi connectivity index (χ1v) is 10.8. The number of carboxylic acid groups (broad SMARTS) is 1. The molecule has 3 aromatic rings. The van der Waals surface area contributed by atoms with Gasteiger partial charge >= 0.3 is 12.1 Å². The van der Waals surface area contributed by atoms with Gasteiger partial charge in [-0.25, -0.2) is 4.79 Å². The van der Waals surface area contributed by atoms with Crippen LogP contribution in [0.15, 0.2) is 54.6 Å². The van der Waals surface area contributed by atoms with Crippen molar-refractivity contribution < 1.29 is 19.4 Å². The van der Waals surface area contributed by atoms with Crippen LogP contribution in [-0.2, 0) is 9.53 Å². The van der Waals surface area contributed by atoms with Gasteiger partial charge in [-0.2, -0.15) is 0 Å². The van der Waals surface area contributed by atoms with Gasteiger partial charge in [0, 0.05) is 11.5 Å². The standard InChI is InChI=1S/C22H17Cl2NO4S/c23-19-9-16(21(24)30-19)18(10-20(26)27)25-22(28)29-11-17-14-7-3-1-5-12(14)13-6-2-4-8-15(13)17/h1-9,17-18H,10-11H2,(H,25,28)(H,26,27)/t18-/m1/s1. The number of amides is 1. The van der Waals surface area contributed by atoms with Crippen molar-refractivity contribution in [1.82, 2.24) is 5.32 Å². The largest absolute Gasteiger partial charge is 0.481 e. The number of benzene rings is 2.